The van der Waals surface area contributed by atoms with Gasteiger partial charge in [0.1, 0.15) is 4.90 Å². The highest BCUT2D eigenvalue weighted by Crippen LogP contribution is 2.55. The van der Waals surface area contributed by atoms with E-state index >= 15 is 0 Å². The molecule has 2 aliphatic carbocycles. The van der Waals surface area contributed by atoms with Gasteiger partial charge in [0.25, 0.3) is 0 Å². The summed E-state index contributed by atoms with van der Waals surface area (Å²) >= 11 is 0. The fourth-order valence-corrected chi connectivity index (χ4v) is 7.71. The zero-order chi connectivity index (χ0) is 32.9. The van der Waals surface area contributed by atoms with Crippen LogP contribution in [0.1, 0.15) is 83.8 Å². The lowest BCUT2D eigenvalue weighted by Gasteiger charge is -2.49. The minimum Gasteiger partial charge on any atom is -0.490 e. The summed E-state index contributed by atoms with van der Waals surface area (Å²) < 4.78 is 37.8. The van der Waals surface area contributed by atoms with Crippen LogP contribution in [-0.4, -0.2) is 49.1 Å². The standard InChI is InChI=1S/C35H41NO8S/c1-7-43-29-16-22(10-13-28(29)44-45(41,42)23-11-8-21(2)9-12-23)31-32-24(17-34(3,4)19-26(32)37)36(15-14-30(39)40)25-18-35(5,6)20-27(38)33(25)31/h8-13,16,31H,7,14-15,17-20H2,1-6H3,(H,39,40). The van der Waals surface area contributed by atoms with E-state index in [9.17, 15) is 27.9 Å². The predicted molar refractivity (Wildman–Crippen MR) is 168 cm³/mol. The Kier molecular flexibility index (Phi) is 8.50. The summed E-state index contributed by atoms with van der Waals surface area (Å²) in [5, 5.41) is 9.59. The second-order valence-corrected chi connectivity index (χ2v) is 15.4. The van der Waals surface area contributed by atoms with Crippen molar-refractivity contribution in [1.82, 2.24) is 4.90 Å². The molecule has 0 spiro atoms. The summed E-state index contributed by atoms with van der Waals surface area (Å²) in [7, 11) is -4.17. The third kappa shape index (κ3) is 6.57. The van der Waals surface area contributed by atoms with E-state index < -0.39 is 22.0 Å². The van der Waals surface area contributed by atoms with Gasteiger partial charge in [-0.05, 0) is 67.3 Å². The van der Waals surface area contributed by atoms with E-state index in [-0.39, 0.29) is 71.2 Å². The maximum absolute atomic E-state index is 14.0. The number of allylic oxidation sites excluding steroid dienone is 4. The molecule has 10 heteroatoms. The summed E-state index contributed by atoms with van der Waals surface area (Å²) in [6, 6.07) is 11.2. The second kappa shape index (κ2) is 11.8. The van der Waals surface area contributed by atoms with Crippen LogP contribution >= 0.6 is 0 Å². The average Bonchev–Trinajstić information content (AvgIpc) is 2.91. The Balaban J connectivity index is 1.67. The minimum absolute atomic E-state index is 0.00351. The van der Waals surface area contributed by atoms with E-state index in [0.717, 1.165) is 17.0 Å². The summed E-state index contributed by atoms with van der Waals surface area (Å²) in [6.07, 6.45) is 1.52. The van der Waals surface area contributed by atoms with Gasteiger partial charge in [0.2, 0.25) is 0 Å². The molecule has 0 saturated heterocycles. The van der Waals surface area contributed by atoms with Crippen molar-refractivity contribution in [3.8, 4) is 11.5 Å². The van der Waals surface area contributed by atoms with Gasteiger partial charge in [-0.1, -0.05) is 51.5 Å². The molecule has 240 valence electrons. The number of rotatable bonds is 9. The third-order valence-corrected chi connectivity index (χ3v) is 9.93. The molecule has 0 aromatic heterocycles. The van der Waals surface area contributed by atoms with Crippen molar-refractivity contribution in [2.24, 2.45) is 10.8 Å². The first-order valence-electron chi connectivity index (χ1n) is 15.3. The summed E-state index contributed by atoms with van der Waals surface area (Å²) in [4.78, 5) is 41.6. The molecular weight excluding hydrogens is 594 g/mol. The first kappa shape index (κ1) is 32.5. The molecule has 0 unspecified atom stereocenters. The van der Waals surface area contributed by atoms with Crippen LogP contribution in [0.3, 0.4) is 0 Å². The highest BCUT2D eigenvalue weighted by Gasteiger charge is 2.49. The molecule has 3 aliphatic rings. The zero-order valence-corrected chi connectivity index (χ0v) is 27.5. The Morgan fingerprint density at radius 3 is 1.96 bits per heavy atom. The molecule has 1 aliphatic heterocycles. The maximum atomic E-state index is 14.0. The Hall–Kier alpha value is -3.92. The van der Waals surface area contributed by atoms with Crippen LogP contribution in [0.25, 0.3) is 0 Å². The average molecular weight is 636 g/mol. The van der Waals surface area contributed by atoms with E-state index in [1.807, 2.05) is 39.5 Å². The topological polar surface area (TPSA) is 127 Å². The van der Waals surface area contributed by atoms with Gasteiger partial charge in [-0.15, -0.1) is 0 Å². The second-order valence-electron chi connectivity index (χ2n) is 13.8. The Labute approximate surface area is 265 Å². The number of Topliss-reactive ketones (excluding diaryl/α,β-unsaturated/α-hetero) is 2. The molecule has 2 aromatic rings. The molecule has 0 atom stereocenters. The predicted octanol–water partition coefficient (Wildman–Crippen LogP) is 6.32. The number of ether oxygens (including phenoxy) is 1. The molecule has 45 heavy (non-hydrogen) atoms. The smallest absolute Gasteiger partial charge is 0.339 e. The highest BCUT2D eigenvalue weighted by atomic mass is 32.2. The van der Waals surface area contributed by atoms with Gasteiger partial charge in [-0.2, -0.15) is 8.42 Å². The molecular formula is C35H41NO8S. The van der Waals surface area contributed by atoms with Crippen LogP contribution < -0.4 is 8.92 Å². The Morgan fingerprint density at radius 1 is 0.889 bits per heavy atom. The van der Waals surface area contributed by atoms with E-state index in [2.05, 4.69) is 0 Å². The van der Waals surface area contributed by atoms with E-state index in [4.69, 9.17) is 8.92 Å². The molecule has 1 heterocycles. The van der Waals surface area contributed by atoms with Crippen LogP contribution in [0.2, 0.25) is 0 Å². The van der Waals surface area contributed by atoms with E-state index in [0.29, 0.717) is 29.6 Å². The fraction of sp³-hybridized carbons (Fsp3) is 0.457. The quantitative estimate of drug-likeness (QED) is 0.315. The number of nitrogens with zero attached hydrogens (tertiary/aromatic N) is 1. The number of carboxylic acid groups (broad SMARTS) is 1. The number of hydrogen-bond donors (Lipinski definition) is 1. The SMILES string of the molecule is CCOc1cc(C2C3=C(CC(C)(C)CC3=O)N(CCC(=O)O)C3=C2C(=O)CC(C)(C)C3)ccc1OS(=O)(=O)c1ccc(C)cc1. The van der Waals surface area contributed by atoms with Crippen LogP contribution in [-0.2, 0) is 24.5 Å². The monoisotopic (exact) mass is 635 g/mol. The Morgan fingerprint density at radius 2 is 1.44 bits per heavy atom. The maximum Gasteiger partial charge on any atom is 0.339 e. The van der Waals surface area contributed by atoms with Gasteiger partial charge >= 0.3 is 16.1 Å². The first-order valence-corrected chi connectivity index (χ1v) is 16.7. The molecule has 2 aromatic carbocycles. The molecule has 1 N–H and O–H groups in total. The lowest BCUT2D eigenvalue weighted by atomic mass is 9.63. The number of carbonyl (C=O) groups excluding carboxylic acids is 2. The van der Waals surface area contributed by atoms with Crippen LogP contribution in [0.15, 0.2) is 69.9 Å². The van der Waals surface area contributed by atoms with Gasteiger partial charge in [-0.3, -0.25) is 14.4 Å². The zero-order valence-electron chi connectivity index (χ0n) is 26.7. The van der Waals surface area contributed by atoms with E-state index in [1.54, 1.807) is 31.2 Å². The largest absolute Gasteiger partial charge is 0.490 e. The summed E-state index contributed by atoms with van der Waals surface area (Å²) in [6.45, 7) is 12.1. The molecule has 0 fully saturated rings. The van der Waals surface area contributed by atoms with Crippen LogP contribution in [0.5, 0.6) is 11.5 Å². The van der Waals surface area contributed by atoms with E-state index in [1.165, 1.54) is 18.2 Å². The van der Waals surface area contributed by atoms with Crippen molar-refractivity contribution < 1.29 is 36.8 Å². The molecule has 5 rings (SSSR count). The van der Waals surface area contributed by atoms with Crippen molar-refractivity contribution in [3.05, 3.63) is 76.1 Å². The molecule has 9 nitrogen and oxygen atoms in total. The van der Waals surface area contributed by atoms with Gasteiger partial charge in [0, 0.05) is 47.8 Å². The number of benzene rings is 2. The first-order chi connectivity index (χ1) is 21.0. The third-order valence-electron chi connectivity index (χ3n) is 8.68. The number of aryl methyl sites for hydroxylation is 1. The normalized spacial score (nSPS) is 19.7. The summed E-state index contributed by atoms with van der Waals surface area (Å²) in [5.41, 5.74) is 3.31. The van der Waals surface area contributed by atoms with Gasteiger partial charge < -0.3 is 18.9 Å². The molecule has 0 saturated carbocycles. The highest BCUT2D eigenvalue weighted by molar-refractivity contribution is 7.87. The fourth-order valence-electron chi connectivity index (χ4n) is 6.77. The lowest BCUT2D eigenvalue weighted by Crippen LogP contribution is -2.45. The van der Waals surface area contributed by atoms with Gasteiger partial charge in [0.15, 0.2) is 23.1 Å². The Bertz CT molecular complexity index is 1680. The van der Waals surface area contributed by atoms with Crippen molar-refractivity contribution in [1.29, 1.82) is 0 Å². The number of aliphatic carboxylic acids is 1. The van der Waals surface area contributed by atoms with Crippen molar-refractivity contribution in [2.75, 3.05) is 13.2 Å². The van der Waals surface area contributed by atoms with Crippen molar-refractivity contribution in [3.63, 3.8) is 0 Å². The van der Waals surface area contributed by atoms with Crippen molar-refractivity contribution in [2.45, 2.75) is 84.5 Å². The number of ketones is 2. The molecule has 0 radical (unpaired) electrons. The molecule has 0 amide bonds. The molecule has 0 bridgehead atoms. The number of carbonyl (C=O) groups is 3. The minimum atomic E-state index is -4.17. The van der Waals surface area contributed by atoms with Crippen molar-refractivity contribution >= 4 is 27.7 Å². The number of carboxylic acids is 1. The number of hydrogen-bond acceptors (Lipinski definition) is 8. The lowest BCUT2D eigenvalue weighted by molar-refractivity contribution is -0.137. The van der Waals surface area contributed by atoms with Gasteiger partial charge in [0.05, 0.1) is 13.0 Å². The summed E-state index contributed by atoms with van der Waals surface area (Å²) in [5.74, 6) is -1.66. The van der Waals surface area contributed by atoms with Crippen LogP contribution in [0, 0.1) is 17.8 Å². The van der Waals surface area contributed by atoms with Gasteiger partial charge in [-0.25, -0.2) is 0 Å². The van der Waals surface area contributed by atoms with Crippen LogP contribution in [0.4, 0.5) is 0 Å².